The maximum Gasteiger partial charge on any atom is 0.342 e. The van der Waals surface area contributed by atoms with E-state index in [1.54, 1.807) is 6.92 Å². The van der Waals surface area contributed by atoms with Crippen LogP contribution in [0.5, 0.6) is 5.75 Å². The van der Waals surface area contributed by atoms with Crippen LogP contribution in [0.3, 0.4) is 0 Å². The molecule has 0 aliphatic carbocycles. The Hall–Kier alpha value is -1.40. The molecule has 1 rings (SSSR count). The summed E-state index contributed by atoms with van der Waals surface area (Å²) in [7, 11) is 0. The van der Waals surface area contributed by atoms with E-state index < -0.39 is 29.7 Å². The molecule has 0 spiro atoms. The van der Waals surface area contributed by atoms with Crippen molar-refractivity contribution in [2.75, 3.05) is 6.61 Å². The van der Waals surface area contributed by atoms with E-state index in [9.17, 15) is 18.7 Å². The third-order valence-electron chi connectivity index (χ3n) is 2.42. The van der Waals surface area contributed by atoms with E-state index in [4.69, 9.17) is 5.73 Å². The second-order valence-corrected chi connectivity index (χ2v) is 3.86. The van der Waals surface area contributed by atoms with E-state index in [0.29, 0.717) is 5.56 Å². The van der Waals surface area contributed by atoms with Crippen LogP contribution in [-0.4, -0.2) is 23.9 Å². The fourth-order valence-corrected chi connectivity index (χ4v) is 1.54. The second kappa shape index (κ2) is 7.25. The summed E-state index contributed by atoms with van der Waals surface area (Å²) >= 11 is 0. The van der Waals surface area contributed by atoms with E-state index >= 15 is 0 Å². The number of nitrogens with two attached hydrogens (primary N) is 1. The first-order valence-corrected chi connectivity index (χ1v) is 5.43. The summed E-state index contributed by atoms with van der Waals surface area (Å²) < 4.78 is 31.4. The van der Waals surface area contributed by atoms with Gasteiger partial charge in [0.2, 0.25) is 6.17 Å². The van der Waals surface area contributed by atoms with Gasteiger partial charge in [-0.1, -0.05) is 6.07 Å². The molecule has 0 aromatic heterocycles. The average molecular weight is 296 g/mol. The Balaban J connectivity index is 0.00000324. The van der Waals surface area contributed by atoms with Crippen molar-refractivity contribution in [3.63, 3.8) is 0 Å². The van der Waals surface area contributed by atoms with Gasteiger partial charge in [-0.05, 0) is 25.5 Å². The Kier molecular flexibility index (Phi) is 6.72. The number of carbonyl (C=O) groups is 1. The molecule has 0 bridgehead atoms. The van der Waals surface area contributed by atoms with Gasteiger partial charge in [0.1, 0.15) is 0 Å². The van der Waals surface area contributed by atoms with Crippen LogP contribution < -0.4 is 5.73 Å². The molecule has 1 unspecified atom stereocenters. The van der Waals surface area contributed by atoms with Crippen molar-refractivity contribution in [1.82, 2.24) is 0 Å². The molecular weight excluding hydrogens is 280 g/mol. The van der Waals surface area contributed by atoms with Gasteiger partial charge in [-0.25, -0.2) is 13.6 Å². The topological polar surface area (TPSA) is 72.5 Å². The quantitative estimate of drug-likeness (QED) is 0.835. The number of aromatic hydroxyl groups is 1. The number of aryl methyl sites for hydroxylation is 1. The van der Waals surface area contributed by atoms with Crippen molar-refractivity contribution in [1.29, 1.82) is 0 Å². The highest BCUT2D eigenvalue weighted by atomic mass is 35.5. The first-order chi connectivity index (χ1) is 8.38. The minimum Gasteiger partial charge on any atom is -0.505 e. The van der Waals surface area contributed by atoms with Crippen molar-refractivity contribution >= 4 is 18.4 Å². The maximum atomic E-state index is 13.7. The molecule has 0 heterocycles. The van der Waals surface area contributed by atoms with Gasteiger partial charge in [0, 0.05) is 5.56 Å². The number of rotatable bonds is 4. The molecule has 0 aliphatic rings. The van der Waals surface area contributed by atoms with Gasteiger partial charge in [0.05, 0.1) is 12.6 Å². The predicted octanol–water partition coefficient (Wildman–Crippen LogP) is 2.16. The zero-order valence-electron chi connectivity index (χ0n) is 10.5. The van der Waals surface area contributed by atoms with E-state index in [-0.39, 0.29) is 24.6 Å². The number of esters is 1. The molecule has 0 amide bonds. The van der Waals surface area contributed by atoms with Crippen molar-refractivity contribution < 1.29 is 23.4 Å². The summed E-state index contributed by atoms with van der Waals surface area (Å²) in [6.45, 7) is 3.11. The molecule has 0 aliphatic heterocycles. The van der Waals surface area contributed by atoms with Crippen LogP contribution in [0, 0.1) is 12.7 Å². The number of ether oxygens (including phenoxy) is 1. The lowest BCUT2D eigenvalue weighted by atomic mass is 9.99. The summed E-state index contributed by atoms with van der Waals surface area (Å²) in [6, 6.07) is 0.941. The average Bonchev–Trinajstić information content (AvgIpc) is 2.32. The molecule has 1 aromatic carbocycles. The van der Waals surface area contributed by atoms with Crippen molar-refractivity contribution in [2.24, 2.45) is 5.73 Å². The Labute approximate surface area is 116 Å². The smallest absolute Gasteiger partial charge is 0.342 e. The molecule has 1 aromatic rings. The normalized spacial score (nSPS) is 13.3. The monoisotopic (exact) mass is 295 g/mol. The van der Waals surface area contributed by atoms with Crippen LogP contribution in [0.25, 0.3) is 0 Å². The van der Waals surface area contributed by atoms with Crippen molar-refractivity contribution in [3.8, 4) is 5.75 Å². The SMILES string of the molecule is CCOC(=O)C(F)[C@@H](N)c1cc(C)cc(F)c1O.Cl. The minimum absolute atomic E-state index is 0. The highest BCUT2D eigenvalue weighted by Gasteiger charge is 2.30. The zero-order chi connectivity index (χ0) is 13.9. The third kappa shape index (κ3) is 4.04. The lowest BCUT2D eigenvalue weighted by Gasteiger charge is -2.17. The Morgan fingerprint density at radius 3 is 2.63 bits per heavy atom. The highest BCUT2D eigenvalue weighted by Crippen LogP contribution is 2.30. The van der Waals surface area contributed by atoms with Crippen LogP contribution >= 0.6 is 12.4 Å². The van der Waals surface area contributed by atoms with Crippen LogP contribution in [-0.2, 0) is 9.53 Å². The number of phenolic OH excluding ortho intramolecular Hbond substituents is 1. The zero-order valence-corrected chi connectivity index (χ0v) is 11.3. The van der Waals surface area contributed by atoms with Gasteiger partial charge >= 0.3 is 5.97 Å². The number of alkyl halides is 1. The molecular formula is C12H16ClF2NO3. The molecule has 0 fully saturated rings. The fraction of sp³-hybridized carbons (Fsp3) is 0.417. The van der Waals surface area contributed by atoms with Crippen molar-refractivity contribution in [2.45, 2.75) is 26.1 Å². The van der Waals surface area contributed by atoms with Crippen LogP contribution in [0.15, 0.2) is 12.1 Å². The van der Waals surface area contributed by atoms with E-state index in [1.807, 2.05) is 0 Å². The summed E-state index contributed by atoms with van der Waals surface area (Å²) in [5, 5.41) is 9.48. The molecule has 2 atom stereocenters. The van der Waals surface area contributed by atoms with Crippen LogP contribution in [0.4, 0.5) is 8.78 Å². The summed E-state index contributed by atoms with van der Waals surface area (Å²) in [5.41, 5.74) is 5.81. The summed E-state index contributed by atoms with van der Waals surface area (Å²) in [5.74, 6) is -2.79. The second-order valence-electron chi connectivity index (χ2n) is 3.86. The Bertz CT molecular complexity index is 457. The number of phenols is 1. The first-order valence-electron chi connectivity index (χ1n) is 5.43. The van der Waals surface area contributed by atoms with Gasteiger partial charge < -0.3 is 15.6 Å². The van der Waals surface area contributed by atoms with Crippen molar-refractivity contribution in [3.05, 3.63) is 29.1 Å². The molecule has 0 saturated carbocycles. The fourth-order valence-electron chi connectivity index (χ4n) is 1.54. The summed E-state index contributed by atoms with van der Waals surface area (Å²) in [6.07, 6.45) is -2.16. The lowest BCUT2D eigenvalue weighted by Crippen LogP contribution is -2.31. The van der Waals surface area contributed by atoms with Crippen LogP contribution in [0.1, 0.15) is 24.1 Å². The van der Waals surface area contributed by atoms with Gasteiger partial charge in [-0.3, -0.25) is 0 Å². The maximum absolute atomic E-state index is 13.7. The number of carbonyl (C=O) groups excluding carboxylic acids is 1. The molecule has 108 valence electrons. The molecule has 0 radical (unpaired) electrons. The summed E-state index contributed by atoms with van der Waals surface area (Å²) in [4.78, 5) is 11.2. The van der Waals surface area contributed by atoms with E-state index in [0.717, 1.165) is 6.07 Å². The number of benzene rings is 1. The largest absolute Gasteiger partial charge is 0.505 e. The van der Waals surface area contributed by atoms with E-state index in [2.05, 4.69) is 4.74 Å². The first kappa shape index (κ1) is 17.6. The van der Waals surface area contributed by atoms with Crippen LogP contribution in [0.2, 0.25) is 0 Å². The standard InChI is InChI=1S/C12H15F2NO3.ClH/c1-3-18-12(17)9(14)10(15)7-4-6(2)5-8(13)11(7)16;/h4-5,9-10,16H,3,15H2,1-2H3;1H/t9?,10-;/m0./s1. The predicted molar refractivity (Wildman–Crippen MR) is 68.5 cm³/mol. The number of hydrogen-bond donors (Lipinski definition) is 2. The molecule has 19 heavy (non-hydrogen) atoms. The molecule has 4 nitrogen and oxygen atoms in total. The van der Waals surface area contributed by atoms with Gasteiger partial charge in [-0.15, -0.1) is 12.4 Å². The Morgan fingerprint density at radius 2 is 2.11 bits per heavy atom. The molecule has 0 saturated heterocycles. The minimum atomic E-state index is -2.16. The number of halogens is 3. The van der Waals surface area contributed by atoms with E-state index in [1.165, 1.54) is 13.0 Å². The Morgan fingerprint density at radius 1 is 1.53 bits per heavy atom. The highest BCUT2D eigenvalue weighted by molar-refractivity contribution is 5.85. The third-order valence-corrected chi connectivity index (χ3v) is 2.42. The molecule has 7 heteroatoms. The van der Waals surface area contributed by atoms with Gasteiger partial charge in [-0.2, -0.15) is 0 Å². The lowest BCUT2D eigenvalue weighted by molar-refractivity contribution is -0.149. The van der Waals surface area contributed by atoms with Gasteiger partial charge in [0.25, 0.3) is 0 Å². The molecule has 3 N–H and O–H groups in total. The van der Waals surface area contributed by atoms with Gasteiger partial charge in [0.15, 0.2) is 11.6 Å². The number of hydrogen-bond acceptors (Lipinski definition) is 4.